The Morgan fingerprint density at radius 3 is 3.16 bits per heavy atom. The van der Waals surface area contributed by atoms with Gasteiger partial charge in [-0.2, -0.15) is 5.10 Å². The molecule has 0 bridgehead atoms. The third kappa shape index (κ3) is 2.52. The Kier molecular flexibility index (Phi) is 3.57. The molecule has 3 rings (SSSR count). The Balaban J connectivity index is 1.81. The molecule has 98 valence electrons. The van der Waals surface area contributed by atoms with E-state index >= 15 is 0 Å². The first-order chi connectivity index (χ1) is 9.38. The minimum Gasteiger partial charge on any atom is -0.313 e. The van der Waals surface area contributed by atoms with Gasteiger partial charge >= 0.3 is 0 Å². The molecule has 0 spiro atoms. The lowest BCUT2D eigenvalue weighted by Crippen LogP contribution is -2.16. The van der Waals surface area contributed by atoms with Crippen LogP contribution in [0, 0.1) is 0 Å². The highest BCUT2D eigenvalue weighted by Gasteiger charge is 2.14. The average molecular weight is 272 g/mol. The third-order valence-corrected chi connectivity index (χ3v) is 4.27. The van der Waals surface area contributed by atoms with Crippen molar-refractivity contribution >= 4 is 16.9 Å². The molecule has 1 unspecified atom stereocenters. The van der Waals surface area contributed by atoms with Crippen LogP contribution in [0.5, 0.6) is 0 Å². The molecular weight excluding hydrogens is 256 g/mol. The number of rotatable bonds is 5. The van der Waals surface area contributed by atoms with Crippen LogP contribution < -0.4 is 5.32 Å². The minimum absolute atomic E-state index is 0.309. The van der Waals surface area contributed by atoms with Crippen molar-refractivity contribution in [1.29, 1.82) is 0 Å². The molecule has 5 heteroatoms. The highest BCUT2D eigenvalue weighted by Crippen LogP contribution is 2.23. The largest absolute Gasteiger partial charge is 0.313 e. The van der Waals surface area contributed by atoms with Gasteiger partial charge in [-0.3, -0.25) is 4.98 Å². The number of nitrogens with one attached hydrogen (secondary N) is 1. The molecule has 3 aromatic rings. The van der Waals surface area contributed by atoms with Gasteiger partial charge in [0.2, 0.25) is 0 Å². The third-order valence-electron chi connectivity index (χ3n) is 3.34. The predicted octanol–water partition coefficient (Wildman–Crippen LogP) is 2.68. The molecule has 19 heavy (non-hydrogen) atoms. The Hall–Kier alpha value is -1.72. The second kappa shape index (κ2) is 5.50. The molecule has 0 fully saturated rings. The van der Waals surface area contributed by atoms with Crippen molar-refractivity contribution in [1.82, 2.24) is 19.9 Å². The summed E-state index contributed by atoms with van der Waals surface area (Å²) in [7, 11) is 2.00. The molecule has 3 aromatic heterocycles. The highest BCUT2D eigenvalue weighted by molar-refractivity contribution is 7.09. The number of aryl methyl sites for hydroxylation is 1. The smallest absolute Gasteiger partial charge is 0.0892 e. The van der Waals surface area contributed by atoms with Crippen LogP contribution in [0.25, 0.3) is 5.52 Å². The van der Waals surface area contributed by atoms with Crippen molar-refractivity contribution in [3.05, 3.63) is 52.7 Å². The number of nitrogens with zero attached hydrogens (tertiary/aromatic N) is 3. The van der Waals surface area contributed by atoms with Gasteiger partial charge in [0.05, 0.1) is 17.9 Å². The van der Waals surface area contributed by atoms with Gasteiger partial charge in [-0.05, 0) is 31.3 Å². The molecule has 0 aliphatic heterocycles. The zero-order valence-electron chi connectivity index (χ0n) is 10.8. The van der Waals surface area contributed by atoms with Gasteiger partial charge in [0.25, 0.3) is 0 Å². The van der Waals surface area contributed by atoms with E-state index in [0.29, 0.717) is 6.04 Å². The summed E-state index contributed by atoms with van der Waals surface area (Å²) in [5.74, 6) is 0. The molecule has 0 amide bonds. The molecule has 4 nitrogen and oxygen atoms in total. The van der Waals surface area contributed by atoms with E-state index in [1.165, 1.54) is 10.4 Å². The lowest BCUT2D eigenvalue weighted by Gasteiger charge is -2.14. The molecule has 0 saturated heterocycles. The summed E-state index contributed by atoms with van der Waals surface area (Å²) < 4.78 is 1.87. The van der Waals surface area contributed by atoms with Gasteiger partial charge in [0, 0.05) is 28.9 Å². The van der Waals surface area contributed by atoms with Crippen LogP contribution in [0.2, 0.25) is 0 Å². The predicted molar refractivity (Wildman–Crippen MR) is 77.4 cm³/mol. The van der Waals surface area contributed by atoms with Crippen molar-refractivity contribution in [2.24, 2.45) is 0 Å². The maximum Gasteiger partial charge on any atom is 0.0892 e. The van der Waals surface area contributed by atoms with Crippen molar-refractivity contribution in [3.8, 4) is 0 Å². The fraction of sp³-hybridized carbons (Fsp3) is 0.286. The average Bonchev–Trinajstić information content (AvgIpc) is 3.09. The first-order valence-corrected chi connectivity index (χ1v) is 7.23. The summed E-state index contributed by atoms with van der Waals surface area (Å²) >= 11 is 1.82. The van der Waals surface area contributed by atoms with Crippen LogP contribution in [0.1, 0.15) is 22.9 Å². The highest BCUT2D eigenvalue weighted by atomic mass is 32.1. The number of fused-ring (bicyclic) bond motifs is 1. The summed E-state index contributed by atoms with van der Waals surface area (Å²) in [6, 6.07) is 4.60. The van der Waals surface area contributed by atoms with E-state index in [2.05, 4.69) is 32.9 Å². The van der Waals surface area contributed by atoms with Crippen molar-refractivity contribution in [2.45, 2.75) is 18.9 Å². The molecule has 1 N–H and O–H groups in total. The van der Waals surface area contributed by atoms with E-state index in [9.17, 15) is 0 Å². The normalized spacial score (nSPS) is 12.9. The second-order valence-electron chi connectivity index (χ2n) is 4.47. The van der Waals surface area contributed by atoms with E-state index in [1.54, 1.807) is 6.20 Å². The monoisotopic (exact) mass is 272 g/mol. The molecule has 1 atom stereocenters. The lowest BCUT2D eigenvalue weighted by molar-refractivity contribution is 0.554. The maximum atomic E-state index is 4.37. The summed E-state index contributed by atoms with van der Waals surface area (Å²) in [5.41, 5.74) is 2.29. The van der Waals surface area contributed by atoms with Gasteiger partial charge in [-0.1, -0.05) is 6.07 Å². The van der Waals surface area contributed by atoms with Crippen LogP contribution >= 0.6 is 11.3 Å². The Bertz CT molecular complexity index is 644. The van der Waals surface area contributed by atoms with Crippen LogP contribution in [-0.4, -0.2) is 21.6 Å². The summed E-state index contributed by atoms with van der Waals surface area (Å²) in [6.07, 6.45) is 9.59. The van der Waals surface area contributed by atoms with Crippen LogP contribution in [-0.2, 0) is 6.42 Å². The van der Waals surface area contributed by atoms with E-state index in [0.717, 1.165) is 18.4 Å². The summed E-state index contributed by atoms with van der Waals surface area (Å²) in [6.45, 7) is 0. The Labute approximate surface area is 116 Å². The van der Waals surface area contributed by atoms with Crippen molar-refractivity contribution in [3.63, 3.8) is 0 Å². The standard InChI is InChI=1S/C14H16N4S/c1-15-13(5-4-11-3-2-8-19-11)12-9-17-18-7-6-16-10-14(12)18/h2-3,6-10,13,15H,4-5H2,1H3. The van der Waals surface area contributed by atoms with E-state index in [4.69, 9.17) is 0 Å². The van der Waals surface area contributed by atoms with Crippen LogP contribution in [0.15, 0.2) is 42.3 Å². The molecule has 0 radical (unpaired) electrons. The Morgan fingerprint density at radius 2 is 2.37 bits per heavy atom. The van der Waals surface area contributed by atoms with Gasteiger partial charge < -0.3 is 5.32 Å². The van der Waals surface area contributed by atoms with Crippen LogP contribution in [0.4, 0.5) is 0 Å². The molecule has 0 saturated carbocycles. The maximum absolute atomic E-state index is 4.37. The number of thiophene rings is 1. The topological polar surface area (TPSA) is 42.2 Å². The molecule has 3 heterocycles. The molecule has 0 aromatic carbocycles. The van der Waals surface area contributed by atoms with Gasteiger partial charge in [-0.25, -0.2) is 4.52 Å². The van der Waals surface area contributed by atoms with E-state index < -0.39 is 0 Å². The van der Waals surface area contributed by atoms with E-state index in [-0.39, 0.29) is 0 Å². The molecular formula is C14H16N4S. The zero-order valence-corrected chi connectivity index (χ0v) is 11.6. The van der Waals surface area contributed by atoms with E-state index in [1.807, 2.05) is 41.5 Å². The van der Waals surface area contributed by atoms with Gasteiger partial charge in [0.15, 0.2) is 0 Å². The molecule has 0 aliphatic carbocycles. The van der Waals surface area contributed by atoms with Gasteiger partial charge in [0.1, 0.15) is 0 Å². The summed E-state index contributed by atoms with van der Waals surface area (Å²) in [5, 5.41) is 9.88. The molecule has 0 aliphatic rings. The lowest BCUT2D eigenvalue weighted by atomic mass is 10.0. The SMILES string of the molecule is CNC(CCc1cccs1)c1cnn2ccncc12. The van der Waals surface area contributed by atoms with Crippen molar-refractivity contribution in [2.75, 3.05) is 7.05 Å². The summed E-state index contributed by atoms with van der Waals surface area (Å²) in [4.78, 5) is 5.61. The quantitative estimate of drug-likeness (QED) is 0.776. The fourth-order valence-electron chi connectivity index (χ4n) is 2.32. The first kappa shape index (κ1) is 12.3. The van der Waals surface area contributed by atoms with Crippen molar-refractivity contribution < 1.29 is 0 Å². The van der Waals surface area contributed by atoms with Gasteiger partial charge in [-0.15, -0.1) is 11.3 Å². The number of hydrogen-bond acceptors (Lipinski definition) is 4. The number of hydrogen-bond donors (Lipinski definition) is 1. The zero-order chi connectivity index (χ0) is 13.1. The minimum atomic E-state index is 0.309. The second-order valence-corrected chi connectivity index (χ2v) is 5.50. The number of aromatic nitrogens is 3. The fourth-order valence-corrected chi connectivity index (χ4v) is 3.04. The first-order valence-electron chi connectivity index (χ1n) is 6.35. The Morgan fingerprint density at radius 1 is 1.42 bits per heavy atom. The van der Waals surface area contributed by atoms with Crippen LogP contribution in [0.3, 0.4) is 0 Å².